The van der Waals surface area contributed by atoms with Gasteiger partial charge in [0.25, 0.3) is 17.0 Å². The Morgan fingerprint density at radius 1 is 0.984 bits per heavy atom. The first-order valence-corrected chi connectivity index (χ1v) is 23.3. The van der Waals surface area contributed by atoms with Gasteiger partial charge in [0.05, 0.1) is 44.4 Å². The van der Waals surface area contributed by atoms with E-state index in [2.05, 4.69) is 63.9 Å². The van der Waals surface area contributed by atoms with Gasteiger partial charge in [-0.05, 0) is 61.9 Å². The standard InChI is InChI=1S/C47H50ClN9O6S/c1-7-64(61,62)33-12-13-34(36-27-55(6)42(60)40-35(36)14-17-50-40)38(21-33)57-26-31(51-25-39(57)58)10-8-28-15-18-56(19-16-28)45-52-23-30(24-53-45)41(59)54-43-46(2,3)44(47(43,4)5)63-32-11-9-29(22-49)37(48)20-32/h9,11-14,17,20-21,23-28,43-44,50H,7-8,10,15-16,18-19H2,1-6H3,(H,54,59). The van der Waals surface area contributed by atoms with Crippen LogP contribution in [0.2, 0.25) is 5.02 Å². The third-order valence-corrected chi connectivity index (χ3v) is 15.1. The highest BCUT2D eigenvalue weighted by atomic mass is 35.5. The Labute approximate surface area is 376 Å². The molecule has 0 bridgehead atoms. The first kappa shape index (κ1) is 44.3. The molecule has 0 radical (unpaired) electrons. The predicted molar refractivity (Wildman–Crippen MR) is 245 cm³/mol. The van der Waals surface area contributed by atoms with Gasteiger partial charge in [0.2, 0.25) is 5.95 Å². The number of amides is 1. The lowest BCUT2D eigenvalue weighted by molar-refractivity contribution is -0.164. The summed E-state index contributed by atoms with van der Waals surface area (Å²) < 4.78 is 35.4. The van der Waals surface area contributed by atoms with Crippen molar-refractivity contribution >= 4 is 44.2 Å². The zero-order chi connectivity index (χ0) is 45.7. The molecule has 5 heterocycles. The number of H-pyrrole nitrogens is 1. The molecule has 1 amide bonds. The second-order valence-corrected chi connectivity index (χ2v) is 20.6. The highest BCUT2D eigenvalue weighted by Gasteiger charge is 2.64. The number of aryl methyl sites for hydroxylation is 2. The summed E-state index contributed by atoms with van der Waals surface area (Å²) in [6, 6.07) is 13.4. The monoisotopic (exact) mass is 903 g/mol. The van der Waals surface area contributed by atoms with Gasteiger partial charge in [-0.2, -0.15) is 5.26 Å². The van der Waals surface area contributed by atoms with Gasteiger partial charge in [-0.25, -0.2) is 18.4 Å². The number of hydrogen-bond donors (Lipinski definition) is 2. The topological polar surface area (TPSA) is 198 Å². The van der Waals surface area contributed by atoms with Crippen molar-refractivity contribution in [3.8, 4) is 28.6 Å². The van der Waals surface area contributed by atoms with E-state index in [1.165, 1.54) is 21.4 Å². The van der Waals surface area contributed by atoms with Crippen LogP contribution >= 0.6 is 11.6 Å². The van der Waals surface area contributed by atoms with Gasteiger partial charge in [0, 0.05) is 90.6 Å². The van der Waals surface area contributed by atoms with Crippen molar-refractivity contribution in [1.29, 1.82) is 5.26 Å². The lowest BCUT2D eigenvalue weighted by Crippen LogP contribution is -2.74. The van der Waals surface area contributed by atoms with Gasteiger partial charge in [0.15, 0.2) is 9.84 Å². The Hall–Kier alpha value is -6.31. The highest BCUT2D eigenvalue weighted by molar-refractivity contribution is 7.91. The minimum Gasteiger partial charge on any atom is -0.489 e. The molecule has 4 aromatic heterocycles. The fourth-order valence-electron chi connectivity index (χ4n) is 9.73. The van der Waals surface area contributed by atoms with Gasteiger partial charge < -0.3 is 24.5 Å². The Kier molecular flexibility index (Phi) is 11.8. The molecule has 1 aliphatic carbocycles. The van der Waals surface area contributed by atoms with Crippen LogP contribution in [0.1, 0.15) is 75.5 Å². The summed E-state index contributed by atoms with van der Waals surface area (Å²) in [7, 11) is -1.96. The van der Waals surface area contributed by atoms with E-state index in [0.29, 0.717) is 73.6 Å². The molecule has 2 fully saturated rings. The highest BCUT2D eigenvalue weighted by Crippen LogP contribution is 2.55. The zero-order valence-electron chi connectivity index (χ0n) is 36.6. The summed E-state index contributed by atoms with van der Waals surface area (Å²) >= 11 is 6.25. The van der Waals surface area contributed by atoms with Crippen LogP contribution in [0.15, 0.2) is 94.1 Å². The summed E-state index contributed by atoms with van der Waals surface area (Å²) in [5, 5.41) is 13.4. The number of hydrogen-bond acceptors (Lipinski definition) is 11. The molecule has 1 saturated carbocycles. The third-order valence-electron chi connectivity index (χ3n) is 13.0. The van der Waals surface area contributed by atoms with Crippen LogP contribution in [0.4, 0.5) is 5.95 Å². The molecule has 0 spiro atoms. The van der Waals surface area contributed by atoms with E-state index in [4.69, 9.17) is 16.3 Å². The number of benzene rings is 2. The number of sulfone groups is 1. The van der Waals surface area contributed by atoms with Gasteiger partial charge in [-0.3, -0.25) is 23.9 Å². The maximum Gasteiger partial charge on any atom is 0.274 e. The Bertz CT molecular complexity index is 3040. The Balaban J connectivity index is 0.905. The summed E-state index contributed by atoms with van der Waals surface area (Å²) in [5.41, 5.74) is 2.02. The van der Waals surface area contributed by atoms with Gasteiger partial charge in [-0.1, -0.05) is 52.3 Å². The van der Waals surface area contributed by atoms with Gasteiger partial charge in [0.1, 0.15) is 23.4 Å². The molecular weight excluding hydrogens is 854 g/mol. The van der Waals surface area contributed by atoms with E-state index in [0.717, 1.165) is 32.4 Å². The third kappa shape index (κ3) is 8.18. The van der Waals surface area contributed by atoms with Crippen LogP contribution < -0.4 is 26.1 Å². The number of aromatic nitrogens is 6. The molecule has 15 nitrogen and oxygen atoms in total. The molecule has 332 valence electrons. The average Bonchev–Trinajstić information content (AvgIpc) is 3.79. The minimum absolute atomic E-state index is 0.0953. The molecule has 8 rings (SSSR count). The largest absolute Gasteiger partial charge is 0.489 e. The van der Waals surface area contributed by atoms with Crippen molar-refractivity contribution in [2.45, 2.75) is 77.3 Å². The summed E-state index contributed by atoms with van der Waals surface area (Å²) in [4.78, 5) is 58.7. The molecule has 0 atom stereocenters. The average molecular weight is 904 g/mol. The van der Waals surface area contributed by atoms with E-state index >= 15 is 0 Å². The predicted octanol–water partition coefficient (Wildman–Crippen LogP) is 6.65. The van der Waals surface area contributed by atoms with E-state index in [9.17, 15) is 28.1 Å². The molecule has 64 heavy (non-hydrogen) atoms. The smallest absolute Gasteiger partial charge is 0.274 e. The lowest BCUT2D eigenvalue weighted by atomic mass is 9.49. The van der Waals surface area contributed by atoms with Crippen LogP contribution in [0.5, 0.6) is 5.75 Å². The van der Waals surface area contributed by atoms with Crippen molar-refractivity contribution < 1.29 is 17.9 Å². The second-order valence-electron chi connectivity index (χ2n) is 17.9. The number of anilines is 1. The van der Waals surface area contributed by atoms with Crippen LogP contribution in [-0.2, 0) is 23.3 Å². The van der Waals surface area contributed by atoms with E-state index in [-0.39, 0.29) is 34.3 Å². The number of aromatic amines is 1. The summed E-state index contributed by atoms with van der Waals surface area (Å²) in [6.07, 6.45) is 12.4. The van der Waals surface area contributed by atoms with E-state index < -0.39 is 26.2 Å². The Morgan fingerprint density at radius 2 is 1.70 bits per heavy atom. The van der Waals surface area contributed by atoms with Gasteiger partial charge in [-0.15, -0.1) is 0 Å². The van der Waals surface area contributed by atoms with E-state index in [1.807, 2.05) is 0 Å². The second kappa shape index (κ2) is 17.0. The van der Waals surface area contributed by atoms with Crippen molar-refractivity contribution in [2.75, 3.05) is 23.7 Å². The minimum atomic E-state index is -3.61. The van der Waals surface area contributed by atoms with Crippen LogP contribution in [0.25, 0.3) is 27.7 Å². The molecular formula is C47H50ClN9O6S. The number of nitrogens with zero attached hydrogens (tertiary/aromatic N) is 7. The number of nitriles is 1. The molecule has 17 heteroatoms. The zero-order valence-corrected chi connectivity index (χ0v) is 38.1. The SMILES string of the molecule is CCS(=O)(=O)c1ccc(-c2cn(C)c(=O)c3[nH]ccc23)c(-n2cc(CCC3CCN(c4ncc(C(=O)NC5C(C)(C)C(Oc6ccc(C#N)c(Cl)c6)C5(C)C)cn4)CC3)ncc2=O)c1. The van der Waals surface area contributed by atoms with Crippen molar-refractivity contribution in [3.05, 3.63) is 122 Å². The number of carbonyl (C=O) groups is 1. The van der Waals surface area contributed by atoms with E-state index in [1.54, 1.807) is 81.4 Å². The molecule has 1 saturated heterocycles. The Morgan fingerprint density at radius 3 is 2.38 bits per heavy atom. The molecule has 2 N–H and O–H groups in total. The van der Waals surface area contributed by atoms with Crippen molar-refractivity contribution in [2.24, 2.45) is 23.8 Å². The fraction of sp³-hybridized carbons (Fsp3) is 0.383. The molecule has 0 unspecified atom stereocenters. The molecule has 1 aliphatic heterocycles. The number of ether oxygens (including phenoxy) is 1. The number of halogens is 1. The maximum atomic E-state index is 13.5. The summed E-state index contributed by atoms with van der Waals surface area (Å²) in [6.45, 7) is 11.2. The quantitative estimate of drug-likeness (QED) is 0.133. The molecule has 2 aromatic carbocycles. The van der Waals surface area contributed by atoms with Crippen molar-refractivity contribution in [1.82, 2.24) is 34.4 Å². The number of piperidine rings is 1. The number of carbonyl (C=O) groups excluding carboxylic acids is 1. The maximum absolute atomic E-state index is 13.5. The molecule has 2 aliphatic rings. The van der Waals surface area contributed by atoms with Crippen LogP contribution in [0.3, 0.4) is 0 Å². The fourth-order valence-corrected chi connectivity index (χ4v) is 10.8. The summed E-state index contributed by atoms with van der Waals surface area (Å²) in [5.74, 6) is 1.12. The van der Waals surface area contributed by atoms with Crippen molar-refractivity contribution in [3.63, 3.8) is 0 Å². The first-order valence-electron chi connectivity index (χ1n) is 21.3. The number of nitrogens with one attached hydrogen (secondary N) is 2. The molecule has 6 aromatic rings. The number of pyridine rings is 1. The number of rotatable bonds is 12. The number of fused-ring (bicyclic) bond motifs is 1. The van der Waals surface area contributed by atoms with Gasteiger partial charge >= 0.3 is 0 Å². The lowest BCUT2D eigenvalue weighted by Gasteiger charge is -2.63. The normalized spacial score (nSPS) is 18.3. The van der Waals surface area contributed by atoms with Crippen LogP contribution in [-0.4, -0.2) is 74.4 Å². The van der Waals surface area contributed by atoms with Crippen LogP contribution in [0, 0.1) is 28.1 Å². The first-order chi connectivity index (χ1) is 30.4.